The van der Waals surface area contributed by atoms with Crippen LogP contribution in [-0.2, 0) is 13.0 Å². The van der Waals surface area contributed by atoms with Gasteiger partial charge in [-0.15, -0.1) is 0 Å². The maximum Gasteiger partial charge on any atom is 0.251 e. The van der Waals surface area contributed by atoms with E-state index in [1.165, 1.54) is 30.4 Å². The van der Waals surface area contributed by atoms with Crippen LogP contribution in [0.15, 0.2) is 18.2 Å². The van der Waals surface area contributed by atoms with Crippen LogP contribution in [0.2, 0.25) is 0 Å². The Morgan fingerprint density at radius 3 is 2.95 bits per heavy atom. The average Bonchev–Trinajstić information content (AvgIpc) is 3.25. The molecule has 1 fully saturated rings. The van der Waals surface area contributed by atoms with Crippen LogP contribution in [0, 0.1) is 5.41 Å². The highest BCUT2D eigenvalue weighted by Gasteiger charge is 2.40. The zero-order chi connectivity index (χ0) is 13.3. The molecule has 1 amide bonds. The lowest BCUT2D eigenvalue weighted by Gasteiger charge is -2.18. The molecule has 0 radical (unpaired) electrons. The number of carbonyl (C=O) groups excluding carboxylic acids is 1. The van der Waals surface area contributed by atoms with Crippen LogP contribution in [0.1, 0.15) is 47.7 Å². The molecule has 3 heteroatoms. The van der Waals surface area contributed by atoms with Crippen molar-refractivity contribution in [2.75, 3.05) is 13.1 Å². The molecule has 102 valence electrons. The number of benzene rings is 1. The predicted octanol–water partition coefficient (Wildman–Crippen LogP) is 2.25. The van der Waals surface area contributed by atoms with Gasteiger partial charge in [0.1, 0.15) is 0 Å². The van der Waals surface area contributed by atoms with E-state index in [1.807, 2.05) is 12.1 Å². The topological polar surface area (TPSA) is 41.1 Å². The second-order valence-electron chi connectivity index (χ2n) is 5.95. The van der Waals surface area contributed by atoms with Gasteiger partial charge in [-0.1, -0.05) is 13.0 Å². The summed E-state index contributed by atoms with van der Waals surface area (Å²) in [7, 11) is 0. The SMILES string of the molecule is CCC1(CNC(=O)c2ccc3c(c2)CNCC3)CC1. The Hall–Kier alpha value is -1.35. The van der Waals surface area contributed by atoms with E-state index in [9.17, 15) is 4.79 Å². The van der Waals surface area contributed by atoms with E-state index in [2.05, 4.69) is 23.6 Å². The third-order valence-electron chi connectivity index (χ3n) is 4.69. The van der Waals surface area contributed by atoms with Gasteiger partial charge in [0, 0.05) is 18.7 Å². The summed E-state index contributed by atoms with van der Waals surface area (Å²) in [6.07, 6.45) is 4.76. The summed E-state index contributed by atoms with van der Waals surface area (Å²) >= 11 is 0. The van der Waals surface area contributed by atoms with Crippen molar-refractivity contribution in [2.24, 2.45) is 5.41 Å². The molecule has 2 aliphatic rings. The molecule has 0 saturated heterocycles. The average molecular weight is 258 g/mol. The first-order valence-corrected chi connectivity index (χ1v) is 7.33. The maximum absolute atomic E-state index is 12.2. The molecule has 1 aromatic carbocycles. The molecule has 3 nitrogen and oxygen atoms in total. The molecule has 0 spiro atoms. The number of carbonyl (C=O) groups is 1. The molecule has 0 unspecified atom stereocenters. The number of fused-ring (bicyclic) bond motifs is 1. The van der Waals surface area contributed by atoms with Gasteiger partial charge in [0.2, 0.25) is 0 Å². The molecule has 1 aliphatic carbocycles. The van der Waals surface area contributed by atoms with Gasteiger partial charge in [0.05, 0.1) is 0 Å². The fourth-order valence-corrected chi connectivity index (χ4v) is 2.82. The van der Waals surface area contributed by atoms with Crippen molar-refractivity contribution in [3.05, 3.63) is 34.9 Å². The fraction of sp³-hybridized carbons (Fsp3) is 0.562. The zero-order valence-electron chi connectivity index (χ0n) is 11.6. The Kier molecular flexibility index (Phi) is 3.31. The quantitative estimate of drug-likeness (QED) is 0.869. The highest BCUT2D eigenvalue weighted by Crippen LogP contribution is 2.47. The molecular weight excluding hydrogens is 236 g/mol. The number of rotatable bonds is 4. The molecule has 0 atom stereocenters. The van der Waals surface area contributed by atoms with Crippen LogP contribution in [0.25, 0.3) is 0 Å². The maximum atomic E-state index is 12.2. The van der Waals surface area contributed by atoms with Crippen molar-refractivity contribution in [1.29, 1.82) is 0 Å². The monoisotopic (exact) mass is 258 g/mol. The van der Waals surface area contributed by atoms with Gasteiger partial charge in [0.25, 0.3) is 5.91 Å². The molecule has 1 heterocycles. The van der Waals surface area contributed by atoms with Crippen molar-refractivity contribution in [2.45, 2.75) is 39.2 Å². The van der Waals surface area contributed by atoms with Gasteiger partial charge in [-0.05, 0) is 60.9 Å². The second-order valence-corrected chi connectivity index (χ2v) is 5.95. The van der Waals surface area contributed by atoms with Gasteiger partial charge in [-0.3, -0.25) is 4.79 Å². The van der Waals surface area contributed by atoms with E-state index < -0.39 is 0 Å². The van der Waals surface area contributed by atoms with Crippen LogP contribution < -0.4 is 10.6 Å². The molecule has 0 bridgehead atoms. The number of nitrogens with one attached hydrogen (secondary N) is 2. The van der Waals surface area contributed by atoms with Crippen LogP contribution in [0.4, 0.5) is 0 Å². The smallest absolute Gasteiger partial charge is 0.251 e. The van der Waals surface area contributed by atoms with Gasteiger partial charge in [0.15, 0.2) is 0 Å². The summed E-state index contributed by atoms with van der Waals surface area (Å²) in [5.41, 5.74) is 3.86. The first kappa shape index (κ1) is 12.7. The van der Waals surface area contributed by atoms with Crippen LogP contribution in [0.5, 0.6) is 0 Å². The van der Waals surface area contributed by atoms with Gasteiger partial charge in [-0.2, -0.15) is 0 Å². The Bertz CT molecular complexity index is 492. The van der Waals surface area contributed by atoms with Crippen LogP contribution in [0.3, 0.4) is 0 Å². The first-order valence-electron chi connectivity index (χ1n) is 7.33. The minimum atomic E-state index is 0.0769. The minimum absolute atomic E-state index is 0.0769. The normalized spacial score (nSPS) is 19.6. The van der Waals surface area contributed by atoms with Crippen molar-refractivity contribution in [1.82, 2.24) is 10.6 Å². The van der Waals surface area contributed by atoms with E-state index in [0.717, 1.165) is 31.6 Å². The summed E-state index contributed by atoms with van der Waals surface area (Å²) in [5.74, 6) is 0.0769. The van der Waals surface area contributed by atoms with E-state index in [0.29, 0.717) is 5.41 Å². The van der Waals surface area contributed by atoms with E-state index >= 15 is 0 Å². The summed E-state index contributed by atoms with van der Waals surface area (Å²) in [6, 6.07) is 6.12. The Morgan fingerprint density at radius 2 is 2.21 bits per heavy atom. The molecule has 19 heavy (non-hydrogen) atoms. The molecule has 1 saturated carbocycles. The highest BCUT2D eigenvalue weighted by atomic mass is 16.1. The number of amides is 1. The second kappa shape index (κ2) is 4.97. The minimum Gasteiger partial charge on any atom is -0.351 e. The van der Waals surface area contributed by atoms with Gasteiger partial charge >= 0.3 is 0 Å². The first-order chi connectivity index (χ1) is 9.22. The van der Waals surface area contributed by atoms with E-state index in [4.69, 9.17) is 0 Å². The summed E-state index contributed by atoms with van der Waals surface area (Å²) in [6.45, 7) is 4.97. The number of hydrogen-bond donors (Lipinski definition) is 2. The van der Waals surface area contributed by atoms with E-state index in [1.54, 1.807) is 0 Å². The molecule has 2 N–H and O–H groups in total. The largest absolute Gasteiger partial charge is 0.351 e. The summed E-state index contributed by atoms with van der Waals surface area (Å²) in [5, 5.41) is 6.45. The fourth-order valence-electron chi connectivity index (χ4n) is 2.82. The van der Waals surface area contributed by atoms with Crippen LogP contribution in [-0.4, -0.2) is 19.0 Å². The summed E-state index contributed by atoms with van der Waals surface area (Å²) < 4.78 is 0. The Labute approximate surface area is 114 Å². The predicted molar refractivity (Wildman–Crippen MR) is 76.1 cm³/mol. The van der Waals surface area contributed by atoms with Gasteiger partial charge in [-0.25, -0.2) is 0 Å². The number of hydrogen-bond acceptors (Lipinski definition) is 2. The standard InChI is InChI=1S/C16H22N2O/c1-2-16(6-7-16)11-18-15(19)13-4-3-12-5-8-17-10-14(12)9-13/h3-4,9,17H,2,5-8,10-11H2,1H3,(H,18,19). The lowest BCUT2D eigenvalue weighted by molar-refractivity contribution is 0.0944. The molecule has 1 aromatic rings. The molecular formula is C16H22N2O. The molecule has 3 rings (SSSR count). The molecule has 0 aromatic heterocycles. The third kappa shape index (κ3) is 2.66. The van der Waals surface area contributed by atoms with Crippen molar-refractivity contribution in [3.8, 4) is 0 Å². The summed E-state index contributed by atoms with van der Waals surface area (Å²) in [4.78, 5) is 12.2. The Balaban J connectivity index is 1.66. The molecule has 1 aliphatic heterocycles. The Morgan fingerprint density at radius 1 is 1.37 bits per heavy atom. The highest BCUT2D eigenvalue weighted by molar-refractivity contribution is 5.94. The van der Waals surface area contributed by atoms with E-state index in [-0.39, 0.29) is 5.91 Å². The van der Waals surface area contributed by atoms with Crippen LogP contribution >= 0.6 is 0 Å². The van der Waals surface area contributed by atoms with Crippen molar-refractivity contribution in [3.63, 3.8) is 0 Å². The third-order valence-corrected chi connectivity index (χ3v) is 4.69. The van der Waals surface area contributed by atoms with Crippen molar-refractivity contribution >= 4 is 5.91 Å². The van der Waals surface area contributed by atoms with Crippen molar-refractivity contribution < 1.29 is 4.79 Å². The van der Waals surface area contributed by atoms with Gasteiger partial charge < -0.3 is 10.6 Å². The zero-order valence-corrected chi connectivity index (χ0v) is 11.6. The lowest BCUT2D eigenvalue weighted by Crippen LogP contribution is -2.30. The lowest BCUT2D eigenvalue weighted by atomic mass is 9.98.